The van der Waals surface area contributed by atoms with E-state index in [1.807, 2.05) is 6.92 Å². The maximum absolute atomic E-state index is 11.7. The van der Waals surface area contributed by atoms with Crippen LogP contribution in [0.15, 0.2) is 0 Å². The first kappa shape index (κ1) is 16.1. The van der Waals surface area contributed by atoms with E-state index in [0.29, 0.717) is 12.8 Å². The van der Waals surface area contributed by atoms with E-state index in [0.717, 1.165) is 38.5 Å². The number of aliphatic carboxylic acids is 1. The smallest absolute Gasteiger partial charge is 0.372 e. The number of rotatable bonds is 10. The van der Waals surface area contributed by atoms with Gasteiger partial charge in [-0.25, -0.2) is 4.79 Å². The van der Waals surface area contributed by atoms with Crippen molar-refractivity contribution in [1.82, 2.24) is 0 Å². The summed E-state index contributed by atoms with van der Waals surface area (Å²) in [7, 11) is 0. The van der Waals surface area contributed by atoms with Crippen LogP contribution in [0.4, 0.5) is 0 Å². The van der Waals surface area contributed by atoms with Crippen LogP contribution in [0.3, 0.4) is 0 Å². The fraction of sp³-hybridized carbons (Fsp3) is 0.857. The lowest BCUT2D eigenvalue weighted by Gasteiger charge is -2.26. The Balaban J connectivity index is 4.38. The minimum Gasteiger partial charge on any atom is -0.475 e. The number of carboxylic acid groups (broad SMARTS) is 1. The molecule has 0 bridgehead atoms. The van der Waals surface area contributed by atoms with Crippen LogP contribution >= 0.6 is 0 Å². The highest BCUT2D eigenvalue weighted by atomic mass is 16.4. The lowest BCUT2D eigenvalue weighted by molar-refractivity contribution is -0.154. The number of hydrogen-bond acceptors (Lipinski definition) is 2. The van der Waals surface area contributed by atoms with E-state index in [-0.39, 0.29) is 0 Å². The largest absolute Gasteiger partial charge is 0.475 e. The Morgan fingerprint density at radius 1 is 0.941 bits per heavy atom. The molecule has 3 heteroatoms. The van der Waals surface area contributed by atoms with E-state index >= 15 is 0 Å². The molecule has 3 nitrogen and oxygen atoms in total. The average Bonchev–Trinajstić information content (AvgIpc) is 2.31. The molecule has 0 aliphatic carbocycles. The molecule has 1 atom stereocenters. The molecule has 0 saturated carbocycles. The summed E-state index contributed by atoms with van der Waals surface area (Å²) in [4.78, 5) is 22.6. The summed E-state index contributed by atoms with van der Waals surface area (Å²) < 4.78 is 0. The molecule has 0 fully saturated rings. The SMILES string of the molecule is CCCCCCC(C)(CCCC)C(=O)C(=O)O. The molecule has 0 aromatic rings. The van der Waals surface area contributed by atoms with Gasteiger partial charge in [0.15, 0.2) is 0 Å². The molecule has 0 aromatic heterocycles. The fourth-order valence-corrected chi connectivity index (χ4v) is 2.12. The van der Waals surface area contributed by atoms with Crippen molar-refractivity contribution in [3.8, 4) is 0 Å². The van der Waals surface area contributed by atoms with Crippen molar-refractivity contribution in [2.24, 2.45) is 5.41 Å². The summed E-state index contributed by atoms with van der Waals surface area (Å²) in [6.45, 7) is 6.01. The Morgan fingerprint density at radius 2 is 1.47 bits per heavy atom. The first-order valence-corrected chi connectivity index (χ1v) is 6.75. The molecule has 0 aliphatic heterocycles. The third-order valence-corrected chi connectivity index (χ3v) is 3.41. The van der Waals surface area contributed by atoms with Crippen LogP contribution < -0.4 is 0 Å². The summed E-state index contributed by atoms with van der Waals surface area (Å²) in [5, 5.41) is 8.87. The van der Waals surface area contributed by atoms with Gasteiger partial charge in [0, 0.05) is 5.41 Å². The van der Waals surface area contributed by atoms with E-state index in [4.69, 9.17) is 5.11 Å². The maximum atomic E-state index is 11.7. The fourth-order valence-electron chi connectivity index (χ4n) is 2.12. The van der Waals surface area contributed by atoms with Crippen molar-refractivity contribution in [2.75, 3.05) is 0 Å². The summed E-state index contributed by atoms with van der Waals surface area (Å²) >= 11 is 0. The Bertz CT molecular complexity index is 248. The molecule has 0 aromatic carbocycles. The normalized spacial score (nSPS) is 14.3. The van der Waals surface area contributed by atoms with Gasteiger partial charge in [0.2, 0.25) is 5.78 Å². The van der Waals surface area contributed by atoms with Gasteiger partial charge in [0.25, 0.3) is 0 Å². The van der Waals surface area contributed by atoms with Crippen molar-refractivity contribution in [3.05, 3.63) is 0 Å². The molecule has 0 spiro atoms. The minimum atomic E-state index is -1.28. The maximum Gasteiger partial charge on any atom is 0.372 e. The molecule has 17 heavy (non-hydrogen) atoms. The predicted molar refractivity (Wildman–Crippen MR) is 69.0 cm³/mol. The number of Topliss-reactive ketones (excluding diaryl/α,β-unsaturated/α-hetero) is 1. The van der Waals surface area contributed by atoms with Gasteiger partial charge < -0.3 is 5.11 Å². The van der Waals surface area contributed by atoms with E-state index in [1.165, 1.54) is 0 Å². The van der Waals surface area contributed by atoms with Gasteiger partial charge in [0.1, 0.15) is 0 Å². The lowest BCUT2D eigenvalue weighted by atomic mass is 9.76. The molecule has 0 saturated heterocycles. The summed E-state index contributed by atoms with van der Waals surface area (Å²) in [5.74, 6) is -1.89. The molecule has 0 amide bonds. The number of carboxylic acids is 1. The van der Waals surface area contributed by atoms with Crippen molar-refractivity contribution >= 4 is 11.8 Å². The van der Waals surface area contributed by atoms with E-state index < -0.39 is 17.2 Å². The van der Waals surface area contributed by atoms with Crippen LogP contribution in [-0.2, 0) is 9.59 Å². The third-order valence-electron chi connectivity index (χ3n) is 3.41. The van der Waals surface area contributed by atoms with Crippen molar-refractivity contribution in [2.45, 2.75) is 72.1 Å². The predicted octanol–water partition coefficient (Wildman–Crippen LogP) is 3.81. The Hall–Kier alpha value is -0.860. The number of unbranched alkanes of at least 4 members (excludes halogenated alkanes) is 4. The van der Waals surface area contributed by atoms with Gasteiger partial charge in [-0.1, -0.05) is 59.3 Å². The highest BCUT2D eigenvalue weighted by Gasteiger charge is 2.36. The quantitative estimate of drug-likeness (QED) is 0.468. The van der Waals surface area contributed by atoms with Crippen LogP contribution in [0.25, 0.3) is 0 Å². The van der Waals surface area contributed by atoms with E-state index in [2.05, 4.69) is 13.8 Å². The second-order valence-corrected chi connectivity index (χ2v) is 5.11. The van der Waals surface area contributed by atoms with Crippen LogP contribution in [0.5, 0.6) is 0 Å². The van der Waals surface area contributed by atoms with Gasteiger partial charge >= 0.3 is 5.97 Å². The second kappa shape index (κ2) is 8.26. The number of carbonyl (C=O) groups is 2. The monoisotopic (exact) mass is 242 g/mol. The summed E-state index contributed by atoms with van der Waals surface area (Å²) in [5.41, 5.74) is -0.657. The van der Waals surface area contributed by atoms with Crippen LogP contribution in [-0.4, -0.2) is 16.9 Å². The highest BCUT2D eigenvalue weighted by molar-refractivity contribution is 6.34. The topological polar surface area (TPSA) is 54.4 Å². The molecular weight excluding hydrogens is 216 g/mol. The average molecular weight is 242 g/mol. The van der Waals surface area contributed by atoms with Crippen molar-refractivity contribution in [3.63, 3.8) is 0 Å². The van der Waals surface area contributed by atoms with E-state index in [9.17, 15) is 9.59 Å². The molecule has 0 aliphatic rings. The first-order chi connectivity index (χ1) is 7.98. The van der Waals surface area contributed by atoms with E-state index in [1.54, 1.807) is 0 Å². The minimum absolute atomic E-state index is 0.609. The first-order valence-electron chi connectivity index (χ1n) is 6.75. The van der Waals surface area contributed by atoms with Gasteiger partial charge in [-0.3, -0.25) is 4.79 Å². The molecule has 1 unspecified atom stereocenters. The molecule has 0 heterocycles. The summed E-state index contributed by atoms with van der Waals surface area (Å²) in [6, 6.07) is 0. The second-order valence-electron chi connectivity index (χ2n) is 5.11. The highest BCUT2D eigenvalue weighted by Crippen LogP contribution is 2.32. The van der Waals surface area contributed by atoms with Crippen molar-refractivity contribution in [1.29, 1.82) is 0 Å². The van der Waals surface area contributed by atoms with Crippen LogP contribution in [0.1, 0.15) is 72.1 Å². The molecule has 0 radical (unpaired) electrons. The van der Waals surface area contributed by atoms with Gasteiger partial charge in [0.05, 0.1) is 0 Å². The zero-order valence-electron chi connectivity index (χ0n) is 11.4. The van der Waals surface area contributed by atoms with Crippen LogP contribution in [0, 0.1) is 5.41 Å². The molecule has 1 N–H and O–H groups in total. The lowest BCUT2D eigenvalue weighted by Crippen LogP contribution is -2.34. The van der Waals surface area contributed by atoms with Crippen molar-refractivity contribution < 1.29 is 14.7 Å². The Kier molecular flexibility index (Phi) is 7.85. The summed E-state index contributed by atoms with van der Waals surface area (Å²) in [6.07, 6.45) is 7.67. The van der Waals surface area contributed by atoms with Crippen LogP contribution in [0.2, 0.25) is 0 Å². The van der Waals surface area contributed by atoms with Gasteiger partial charge in [-0.05, 0) is 12.8 Å². The zero-order chi connectivity index (χ0) is 13.3. The standard InChI is InChI=1S/C14H26O3/c1-4-6-8-9-11-14(3,10-7-5-2)12(15)13(16)17/h4-11H2,1-3H3,(H,16,17). The zero-order valence-corrected chi connectivity index (χ0v) is 11.4. The number of ketones is 1. The molecule has 0 rings (SSSR count). The number of hydrogen-bond donors (Lipinski definition) is 1. The van der Waals surface area contributed by atoms with Gasteiger partial charge in [-0.15, -0.1) is 0 Å². The van der Waals surface area contributed by atoms with Gasteiger partial charge in [-0.2, -0.15) is 0 Å². The number of carbonyl (C=O) groups excluding carboxylic acids is 1. The Labute approximate surface area is 105 Å². The molecule has 100 valence electrons. The molecular formula is C14H26O3. The Morgan fingerprint density at radius 3 is 1.94 bits per heavy atom. The third kappa shape index (κ3) is 5.85.